The number of ether oxygens (including phenoxy) is 2. The largest absolute Gasteiger partial charge is 0.456 e. The third-order valence-electron chi connectivity index (χ3n) is 10.8. The van der Waals surface area contributed by atoms with Gasteiger partial charge in [0, 0.05) is 60.0 Å². The number of hydrogen-bond donors (Lipinski definition) is 2. The number of aromatic nitrogens is 2. The Hall–Kier alpha value is -5.86. The predicted molar refractivity (Wildman–Crippen MR) is 202 cm³/mol. The molecule has 3 aromatic rings. The Morgan fingerprint density at radius 1 is 1.00 bits per heavy atom. The van der Waals surface area contributed by atoms with Gasteiger partial charge in [-0.1, -0.05) is 6.92 Å². The third-order valence-corrected chi connectivity index (χ3v) is 12.3. The van der Waals surface area contributed by atoms with Gasteiger partial charge in [-0.3, -0.25) is 40.0 Å². The first-order chi connectivity index (χ1) is 27.2. The van der Waals surface area contributed by atoms with Crippen LogP contribution in [0.3, 0.4) is 0 Å². The molecule has 19 nitrogen and oxygen atoms in total. The minimum absolute atomic E-state index is 0.0702. The maximum atomic E-state index is 14.0. The quantitative estimate of drug-likeness (QED) is 0.116. The number of nitro benzene ring substituents is 2. The van der Waals surface area contributed by atoms with Gasteiger partial charge in [0.2, 0.25) is 17.8 Å². The van der Waals surface area contributed by atoms with Crippen LogP contribution in [0.25, 0.3) is 0 Å². The van der Waals surface area contributed by atoms with Crippen molar-refractivity contribution in [2.24, 2.45) is 11.8 Å². The van der Waals surface area contributed by atoms with Crippen molar-refractivity contribution in [1.29, 1.82) is 0 Å². The predicted octanol–water partition coefficient (Wildman–Crippen LogP) is 3.41. The van der Waals surface area contributed by atoms with E-state index < -0.39 is 46.0 Å². The van der Waals surface area contributed by atoms with Crippen molar-refractivity contribution in [2.75, 3.05) is 25.5 Å². The number of nitrogens with one attached hydrogen (secondary N) is 1. The van der Waals surface area contributed by atoms with Gasteiger partial charge in [0.1, 0.15) is 18.9 Å². The van der Waals surface area contributed by atoms with Crippen LogP contribution >= 0.6 is 11.8 Å². The number of β-lactam (4-membered cyclic amide) rings is 1. The number of non-ortho nitro benzene ring substituents is 2. The van der Waals surface area contributed by atoms with Gasteiger partial charge in [-0.2, -0.15) is 0 Å². The monoisotopic (exact) mass is 804 g/mol. The smallest absolute Gasteiger partial charge is 0.414 e. The van der Waals surface area contributed by atoms with E-state index in [9.17, 15) is 44.5 Å². The van der Waals surface area contributed by atoms with Crippen LogP contribution in [-0.2, 0) is 50.2 Å². The van der Waals surface area contributed by atoms with Crippen molar-refractivity contribution >= 4 is 53.0 Å². The van der Waals surface area contributed by atoms with Crippen molar-refractivity contribution in [3.05, 3.63) is 102 Å². The number of nitrogens with zero attached hydrogens (tertiary/aromatic N) is 7. The van der Waals surface area contributed by atoms with E-state index in [1.54, 1.807) is 22.6 Å². The molecule has 6 atom stereocenters. The van der Waals surface area contributed by atoms with Crippen LogP contribution in [0.2, 0.25) is 0 Å². The normalized spacial score (nSPS) is 23.4. The van der Waals surface area contributed by atoms with E-state index in [1.165, 1.54) is 65.2 Å². The topological polar surface area (TPSA) is 233 Å². The molecule has 4 aliphatic rings. The maximum absolute atomic E-state index is 14.0. The molecule has 0 unspecified atom stereocenters. The summed E-state index contributed by atoms with van der Waals surface area (Å²) in [5.74, 6) is -1.83. The SMILES string of the molecule is C[C@@H](O)[C@H]1C(=O)N2C(C(=O)OCc3ccc([N+](=O)[O-])cc3)=C(S[C@H]3C[C@@H](C(=O)N4CCn5c(cnc5NC(=O)OCc5ccc([N+](=O)[O-])cc5)C4)N(C)C3)[C@H](C)[C@H]12. The number of carbonyl (C=O) groups excluding carboxylic acids is 4. The summed E-state index contributed by atoms with van der Waals surface area (Å²) < 4.78 is 12.7. The minimum Gasteiger partial charge on any atom is -0.456 e. The van der Waals surface area contributed by atoms with Crippen LogP contribution in [0.4, 0.5) is 22.1 Å². The van der Waals surface area contributed by atoms with Gasteiger partial charge in [-0.05, 0) is 55.8 Å². The molecule has 0 radical (unpaired) electrons. The van der Waals surface area contributed by atoms with Gasteiger partial charge in [-0.25, -0.2) is 14.6 Å². The van der Waals surface area contributed by atoms with E-state index in [-0.39, 0.29) is 65.8 Å². The number of thioether (sulfide) groups is 1. The van der Waals surface area contributed by atoms with Crippen LogP contribution < -0.4 is 5.32 Å². The lowest BCUT2D eigenvalue weighted by molar-refractivity contribution is -0.385. The molecule has 0 bridgehead atoms. The summed E-state index contributed by atoms with van der Waals surface area (Å²) in [6.07, 6.45) is 0.394. The molecular weight excluding hydrogens is 765 g/mol. The van der Waals surface area contributed by atoms with E-state index in [4.69, 9.17) is 9.47 Å². The van der Waals surface area contributed by atoms with E-state index in [0.717, 1.165) is 5.69 Å². The average molecular weight is 805 g/mol. The second kappa shape index (κ2) is 15.9. The van der Waals surface area contributed by atoms with Gasteiger partial charge in [-0.15, -0.1) is 11.8 Å². The van der Waals surface area contributed by atoms with Gasteiger partial charge in [0.25, 0.3) is 11.4 Å². The molecule has 57 heavy (non-hydrogen) atoms. The van der Waals surface area contributed by atoms with E-state index in [2.05, 4.69) is 10.3 Å². The number of anilines is 1. The highest BCUT2D eigenvalue weighted by molar-refractivity contribution is 8.03. The zero-order chi connectivity index (χ0) is 40.7. The second-order valence-corrected chi connectivity index (χ2v) is 15.8. The Morgan fingerprint density at radius 2 is 1.61 bits per heavy atom. The van der Waals surface area contributed by atoms with Crippen molar-refractivity contribution in [2.45, 2.75) is 70.0 Å². The minimum atomic E-state index is -0.918. The molecule has 0 saturated carbocycles. The number of esters is 1. The molecule has 2 fully saturated rings. The zero-order valence-electron chi connectivity index (χ0n) is 31.2. The number of likely N-dealkylation sites (tertiary alicyclic amines) is 1. The highest BCUT2D eigenvalue weighted by Crippen LogP contribution is 2.52. The molecule has 5 heterocycles. The summed E-state index contributed by atoms with van der Waals surface area (Å²) in [6, 6.07) is 10.4. The number of benzene rings is 2. The van der Waals surface area contributed by atoms with Gasteiger partial charge in [0.15, 0.2) is 0 Å². The molecule has 4 aliphatic heterocycles. The zero-order valence-corrected chi connectivity index (χ0v) is 32.0. The number of carbonyl (C=O) groups is 4. The Kier molecular flexibility index (Phi) is 11.0. The number of likely N-dealkylation sites (N-methyl/N-ethyl adjacent to an activating group) is 1. The summed E-state index contributed by atoms with van der Waals surface area (Å²) in [4.78, 5) is 84.5. The second-order valence-electron chi connectivity index (χ2n) is 14.5. The fourth-order valence-electron chi connectivity index (χ4n) is 7.88. The Bertz CT molecular complexity index is 2140. The lowest BCUT2D eigenvalue weighted by Crippen LogP contribution is -2.63. The Labute approximate surface area is 329 Å². The fourth-order valence-corrected chi connectivity index (χ4v) is 9.47. The number of rotatable bonds is 12. The average Bonchev–Trinajstić information content (AvgIpc) is 3.83. The first kappa shape index (κ1) is 39.4. The standard InChI is InChI=1S/C37H40N8O11S/c1-20-30-29(21(2)46)34(48)43(30)31(35(49)55-18-22-4-8-24(9-5-22)44(51)52)32(20)57-27-14-28(40(3)17-27)33(47)41-12-13-42-26(16-41)15-38-36(42)39-37(50)56-19-23-6-10-25(11-7-23)45(53)54/h4-11,15,20-21,27-30,46H,12-14,16-19H2,1-3H3,(H,38,39,50)/t20-,21-,27+,28+,29-,30-/m1/s1. The number of nitro groups is 2. The number of hydrogen-bond acceptors (Lipinski definition) is 14. The molecule has 2 aromatic carbocycles. The summed E-state index contributed by atoms with van der Waals surface area (Å²) in [7, 11) is 1.87. The Morgan fingerprint density at radius 3 is 2.21 bits per heavy atom. The number of amides is 3. The van der Waals surface area contributed by atoms with E-state index in [0.29, 0.717) is 42.1 Å². The van der Waals surface area contributed by atoms with Crippen LogP contribution in [0.15, 0.2) is 65.3 Å². The number of aliphatic hydroxyl groups is 1. The number of aliphatic hydroxyl groups excluding tert-OH is 1. The van der Waals surface area contributed by atoms with Crippen molar-refractivity contribution in [3.8, 4) is 0 Å². The lowest BCUT2D eigenvalue weighted by atomic mass is 9.79. The molecule has 300 valence electrons. The third kappa shape index (κ3) is 7.79. The molecule has 2 N–H and O–H groups in total. The molecule has 20 heteroatoms. The van der Waals surface area contributed by atoms with Gasteiger partial charge >= 0.3 is 12.1 Å². The molecule has 1 aromatic heterocycles. The summed E-state index contributed by atoms with van der Waals surface area (Å²) in [5, 5.41) is 34.9. The molecule has 2 saturated heterocycles. The lowest BCUT2D eigenvalue weighted by Gasteiger charge is -2.46. The van der Waals surface area contributed by atoms with Gasteiger partial charge in [0.05, 0.1) is 52.4 Å². The summed E-state index contributed by atoms with van der Waals surface area (Å²) in [5.41, 5.74) is 1.79. The van der Waals surface area contributed by atoms with E-state index in [1.807, 2.05) is 18.9 Å². The van der Waals surface area contributed by atoms with Crippen LogP contribution in [0.1, 0.15) is 37.1 Å². The van der Waals surface area contributed by atoms with Crippen molar-refractivity contribution in [3.63, 3.8) is 0 Å². The van der Waals surface area contributed by atoms with Crippen LogP contribution in [-0.4, -0.2) is 107 Å². The summed E-state index contributed by atoms with van der Waals surface area (Å²) in [6.45, 7) is 4.74. The maximum Gasteiger partial charge on any atom is 0.414 e. The van der Waals surface area contributed by atoms with Crippen LogP contribution in [0, 0.1) is 32.1 Å². The van der Waals surface area contributed by atoms with E-state index >= 15 is 0 Å². The molecule has 3 amide bonds. The first-order valence-electron chi connectivity index (χ1n) is 18.2. The van der Waals surface area contributed by atoms with Crippen LogP contribution in [0.5, 0.6) is 0 Å². The number of imidazole rings is 1. The molecule has 0 spiro atoms. The Balaban J connectivity index is 0.977. The van der Waals surface area contributed by atoms with Gasteiger partial charge < -0.3 is 28.9 Å². The molecule has 0 aliphatic carbocycles. The molecular formula is C37H40N8O11S. The number of fused-ring (bicyclic) bond motifs is 2. The summed E-state index contributed by atoms with van der Waals surface area (Å²) >= 11 is 1.45. The highest BCUT2D eigenvalue weighted by Gasteiger charge is 2.60. The molecule has 7 rings (SSSR count). The van der Waals surface area contributed by atoms with Crippen molar-refractivity contribution in [1.82, 2.24) is 24.3 Å². The first-order valence-corrected chi connectivity index (χ1v) is 19.1. The fraction of sp³-hybridized carbons (Fsp3) is 0.432. The highest BCUT2D eigenvalue weighted by atomic mass is 32.2. The van der Waals surface area contributed by atoms with Crippen molar-refractivity contribution < 1.29 is 43.6 Å².